The number of nitrogens with one attached hydrogen (secondary N) is 2. The lowest BCUT2D eigenvalue weighted by atomic mass is 9.79. The summed E-state index contributed by atoms with van der Waals surface area (Å²) >= 11 is 0. The summed E-state index contributed by atoms with van der Waals surface area (Å²) in [5.74, 6) is -0.0812. The molecule has 2 fully saturated rings. The fraction of sp³-hybridized carbons (Fsp3) is 0.320. The molecular formula is C25H27N5O2. The molecule has 0 spiro atoms. The number of rotatable bonds is 5. The quantitative estimate of drug-likeness (QED) is 0.610. The van der Waals surface area contributed by atoms with E-state index in [1.54, 1.807) is 0 Å². The van der Waals surface area contributed by atoms with Gasteiger partial charge in [-0.05, 0) is 50.9 Å². The van der Waals surface area contributed by atoms with Gasteiger partial charge < -0.3 is 5.32 Å². The highest BCUT2D eigenvalue weighted by atomic mass is 16.2. The number of imide groups is 1. The van der Waals surface area contributed by atoms with Crippen molar-refractivity contribution in [1.82, 2.24) is 25.3 Å². The minimum atomic E-state index is -0.809. The maximum Gasteiger partial charge on any atom is 0.322 e. The number of hydrogen-bond donors (Lipinski definition) is 2. The highest BCUT2D eigenvalue weighted by molar-refractivity contribution is 6.06. The monoisotopic (exact) mass is 429 g/mol. The van der Waals surface area contributed by atoms with E-state index in [2.05, 4.69) is 46.0 Å². The molecule has 3 heterocycles. The molecule has 164 valence electrons. The third kappa shape index (κ3) is 3.80. The highest BCUT2D eigenvalue weighted by Gasteiger charge is 2.48. The van der Waals surface area contributed by atoms with Crippen molar-refractivity contribution in [3.8, 4) is 16.9 Å². The summed E-state index contributed by atoms with van der Waals surface area (Å²) in [5, 5.41) is 10.1. The smallest absolute Gasteiger partial charge is 0.322 e. The lowest BCUT2D eigenvalue weighted by Gasteiger charge is -2.38. The van der Waals surface area contributed by atoms with Crippen molar-refractivity contribution in [2.45, 2.75) is 31.8 Å². The van der Waals surface area contributed by atoms with Gasteiger partial charge in [-0.2, -0.15) is 5.10 Å². The van der Waals surface area contributed by atoms with Crippen molar-refractivity contribution in [2.75, 3.05) is 13.1 Å². The first-order chi connectivity index (χ1) is 15.5. The van der Waals surface area contributed by atoms with Gasteiger partial charge in [0.15, 0.2) is 0 Å². The maximum atomic E-state index is 12.3. The molecular weight excluding hydrogens is 402 g/mol. The van der Waals surface area contributed by atoms with E-state index in [0.717, 1.165) is 49.4 Å². The normalized spacial score (nSPS) is 22.0. The van der Waals surface area contributed by atoms with Crippen LogP contribution in [0.3, 0.4) is 0 Å². The van der Waals surface area contributed by atoms with Gasteiger partial charge in [-0.25, -0.2) is 9.48 Å². The van der Waals surface area contributed by atoms with E-state index in [1.165, 1.54) is 5.56 Å². The highest BCUT2D eigenvalue weighted by Crippen LogP contribution is 2.32. The Labute approximate surface area is 187 Å². The first-order valence-electron chi connectivity index (χ1n) is 11.1. The molecule has 7 nitrogen and oxygen atoms in total. The molecule has 0 radical (unpaired) electrons. The number of carbonyl (C=O) groups excluding carboxylic acids is 2. The third-order valence-corrected chi connectivity index (χ3v) is 6.73. The van der Waals surface area contributed by atoms with E-state index in [9.17, 15) is 9.59 Å². The van der Waals surface area contributed by atoms with Gasteiger partial charge in [0.05, 0.1) is 11.4 Å². The number of amides is 3. The summed E-state index contributed by atoms with van der Waals surface area (Å²) in [7, 11) is 0. The fourth-order valence-electron chi connectivity index (χ4n) is 4.83. The van der Waals surface area contributed by atoms with E-state index in [1.807, 2.05) is 48.0 Å². The molecule has 2 aromatic carbocycles. The first kappa shape index (κ1) is 20.5. The molecule has 1 aromatic heterocycles. The summed E-state index contributed by atoms with van der Waals surface area (Å²) in [5.41, 5.74) is 3.49. The van der Waals surface area contributed by atoms with Crippen molar-refractivity contribution in [3.63, 3.8) is 0 Å². The molecule has 2 aliphatic rings. The number of likely N-dealkylation sites (tertiary alicyclic amines) is 1. The molecule has 1 atom stereocenters. The summed E-state index contributed by atoms with van der Waals surface area (Å²) in [6.45, 7) is 4.37. The molecule has 0 aliphatic carbocycles. The van der Waals surface area contributed by atoms with Crippen molar-refractivity contribution >= 4 is 11.9 Å². The molecule has 5 rings (SSSR count). The summed E-state index contributed by atoms with van der Waals surface area (Å²) in [4.78, 5) is 26.4. The Balaban J connectivity index is 1.35. The Morgan fingerprint density at radius 2 is 1.66 bits per heavy atom. The number of piperidine rings is 1. The molecule has 3 aromatic rings. The van der Waals surface area contributed by atoms with Gasteiger partial charge in [-0.3, -0.25) is 15.0 Å². The first-order valence-corrected chi connectivity index (χ1v) is 11.1. The lowest BCUT2D eigenvalue weighted by molar-refractivity contribution is -0.125. The van der Waals surface area contributed by atoms with Crippen LogP contribution in [0.1, 0.15) is 25.3 Å². The second kappa shape index (κ2) is 8.24. The molecule has 7 heteroatoms. The zero-order valence-corrected chi connectivity index (χ0v) is 18.1. The molecule has 0 unspecified atom stereocenters. The van der Waals surface area contributed by atoms with Crippen LogP contribution in [-0.4, -0.2) is 45.2 Å². The van der Waals surface area contributed by atoms with E-state index >= 15 is 0 Å². The summed E-state index contributed by atoms with van der Waals surface area (Å²) in [6, 6.07) is 20.0. The topological polar surface area (TPSA) is 79.3 Å². The second-order valence-corrected chi connectivity index (χ2v) is 8.81. The van der Waals surface area contributed by atoms with Crippen LogP contribution in [0.2, 0.25) is 0 Å². The number of nitrogens with zero attached hydrogens (tertiary/aromatic N) is 3. The van der Waals surface area contributed by atoms with Crippen molar-refractivity contribution < 1.29 is 9.59 Å². The largest absolute Gasteiger partial charge is 0.323 e. The zero-order chi connectivity index (χ0) is 22.1. The standard InChI is InChI=1S/C25H27N5O2/c1-25(23(31)26-24(32)27-25)20-12-14-29(15-13-20)16-19-17-30(21-10-6-3-7-11-21)28-22(19)18-8-4-2-5-9-18/h2-11,17,20H,12-16H2,1H3,(H2,26,27,31,32)/t25-/m1/s1. The van der Waals surface area contributed by atoms with Gasteiger partial charge in [-0.1, -0.05) is 48.5 Å². The van der Waals surface area contributed by atoms with Gasteiger partial charge in [0.25, 0.3) is 5.91 Å². The van der Waals surface area contributed by atoms with Crippen LogP contribution in [-0.2, 0) is 11.3 Å². The Morgan fingerprint density at radius 3 is 2.28 bits per heavy atom. The summed E-state index contributed by atoms with van der Waals surface area (Å²) < 4.78 is 1.95. The average Bonchev–Trinajstić information content (AvgIpc) is 3.35. The van der Waals surface area contributed by atoms with Crippen molar-refractivity contribution in [3.05, 3.63) is 72.4 Å². The predicted molar refractivity (Wildman–Crippen MR) is 122 cm³/mol. The van der Waals surface area contributed by atoms with E-state index < -0.39 is 5.54 Å². The maximum absolute atomic E-state index is 12.3. The predicted octanol–water partition coefficient (Wildman–Crippen LogP) is 3.35. The molecule has 32 heavy (non-hydrogen) atoms. The van der Waals surface area contributed by atoms with Gasteiger partial charge in [0, 0.05) is 23.9 Å². The van der Waals surface area contributed by atoms with Crippen LogP contribution in [0.15, 0.2) is 66.9 Å². The van der Waals surface area contributed by atoms with Crippen LogP contribution in [0.5, 0.6) is 0 Å². The van der Waals surface area contributed by atoms with Gasteiger partial charge >= 0.3 is 6.03 Å². The van der Waals surface area contributed by atoms with Crippen molar-refractivity contribution in [1.29, 1.82) is 0 Å². The number of urea groups is 1. The van der Waals surface area contributed by atoms with Gasteiger partial charge in [-0.15, -0.1) is 0 Å². The Hall–Kier alpha value is -3.45. The van der Waals surface area contributed by atoms with Crippen molar-refractivity contribution in [2.24, 2.45) is 5.92 Å². The number of benzene rings is 2. The van der Waals surface area contributed by atoms with Crippen LogP contribution < -0.4 is 10.6 Å². The van der Waals surface area contributed by atoms with Crippen LogP contribution in [0.4, 0.5) is 4.79 Å². The van der Waals surface area contributed by atoms with E-state index in [-0.39, 0.29) is 17.9 Å². The molecule has 2 N–H and O–H groups in total. The Bertz CT molecular complexity index is 1120. The molecule has 2 aliphatic heterocycles. The average molecular weight is 430 g/mol. The Kier molecular flexibility index (Phi) is 5.27. The van der Waals surface area contributed by atoms with E-state index in [4.69, 9.17) is 5.10 Å². The van der Waals surface area contributed by atoms with Crippen LogP contribution in [0, 0.1) is 5.92 Å². The van der Waals surface area contributed by atoms with Crippen LogP contribution in [0.25, 0.3) is 16.9 Å². The van der Waals surface area contributed by atoms with Gasteiger partial charge in [0.1, 0.15) is 5.54 Å². The molecule has 0 saturated carbocycles. The van der Waals surface area contributed by atoms with E-state index in [0.29, 0.717) is 0 Å². The minimum Gasteiger partial charge on any atom is -0.323 e. The fourth-order valence-corrected chi connectivity index (χ4v) is 4.83. The number of carbonyl (C=O) groups is 2. The molecule has 0 bridgehead atoms. The number of aromatic nitrogens is 2. The summed E-state index contributed by atoms with van der Waals surface area (Å²) in [6.07, 6.45) is 3.84. The molecule has 2 saturated heterocycles. The SMILES string of the molecule is C[C@]1(C2CCN(Cc3cn(-c4ccccc4)nc3-c3ccccc3)CC2)NC(=O)NC1=O. The number of hydrogen-bond acceptors (Lipinski definition) is 4. The zero-order valence-electron chi connectivity index (χ0n) is 18.1. The second-order valence-electron chi connectivity index (χ2n) is 8.81. The Morgan fingerprint density at radius 1 is 1.00 bits per heavy atom. The van der Waals surface area contributed by atoms with Gasteiger partial charge in [0.2, 0.25) is 0 Å². The third-order valence-electron chi connectivity index (χ3n) is 6.73. The number of para-hydroxylation sites is 1. The lowest BCUT2D eigenvalue weighted by Crippen LogP contribution is -2.53. The molecule has 3 amide bonds. The minimum absolute atomic E-state index is 0.130. The van der Waals surface area contributed by atoms with Crippen LogP contribution >= 0.6 is 0 Å².